The number of hydrogen-bond acceptors (Lipinski definition) is 3. The van der Waals surface area contributed by atoms with Gasteiger partial charge in [-0.15, -0.1) is 0 Å². The first-order chi connectivity index (χ1) is 6.02. The summed E-state index contributed by atoms with van der Waals surface area (Å²) in [6, 6.07) is 4.01. The molecule has 0 aliphatic carbocycles. The molecule has 13 heavy (non-hydrogen) atoms. The van der Waals surface area contributed by atoms with E-state index in [2.05, 4.69) is 6.07 Å². The van der Waals surface area contributed by atoms with Crippen LogP contribution in [0.5, 0.6) is 5.75 Å². The number of carboxylic acid groups (broad SMARTS) is 2. The van der Waals surface area contributed by atoms with E-state index in [1.807, 2.05) is 0 Å². The fourth-order valence-corrected chi connectivity index (χ4v) is 0.831. The van der Waals surface area contributed by atoms with Gasteiger partial charge >= 0.3 is 11.9 Å². The quantitative estimate of drug-likeness (QED) is 0.620. The summed E-state index contributed by atoms with van der Waals surface area (Å²) in [6.07, 6.45) is 0. The number of hydrogen-bond donors (Lipinski definition) is 3. The van der Waals surface area contributed by atoms with Crippen LogP contribution in [-0.4, -0.2) is 27.3 Å². The molecule has 0 saturated carbocycles. The van der Waals surface area contributed by atoms with E-state index in [-0.39, 0.29) is 5.75 Å². The maximum absolute atomic E-state index is 10.5. The molecule has 1 aromatic rings. The van der Waals surface area contributed by atoms with Gasteiger partial charge < -0.3 is 15.3 Å². The van der Waals surface area contributed by atoms with E-state index in [0.717, 1.165) is 12.1 Å². The molecule has 0 aromatic heterocycles. The van der Waals surface area contributed by atoms with Crippen molar-refractivity contribution in [2.24, 2.45) is 0 Å². The molecule has 0 aliphatic rings. The first kappa shape index (κ1) is 9.05. The van der Waals surface area contributed by atoms with E-state index in [1.54, 1.807) is 0 Å². The van der Waals surface area contributed by atoms with Crippen molar-refractivity contribution in [2.45, 2.75) is 0 Å². The summed E-state index contributed by atoms with van der Waals surface area (Å²) < 4.78 is 0. The van der Waals surface area contributed by atoms with Crippen LogP contribution in [0.1, 0.15) is 20.7 Å². The highest BCUT2D eigenvalue weighted by molar-refractivity contribution is 6.01. The minimum atomic E-state index is -1.41. The van der Waals surface area contributed by atoms with Gasteiger partial charge in [-0.3, -0.25) is 0 Å². The molecule has 0 fully saturated rings. The maximum atomic E-state index is 10.5. The predicted molar refractivity (Wildman–Crippen MR) is 40.9 cm³/mol. The molecular formula is C8H5O5. The van der Waals surface area contributed by atoms with Crippen molar-refractivity contribution < 1.29 is 24.9 Å². The number of rotatable bonds is 2. The second-order valence-electron chi connectivity index (χ2n) is 2.26. The zero-order chi connectivity index (χ0) is 10.0. The van der Waals surface area contributed by atoms with Crippen LogP contribution in [0.15, 0.2) is 12.1 Å². The van der Waals surface area contributed by atoms with Crippen LogP contribution in [0.3, 0.4) is 0 Å². The van der Waals surface area contributed by atoms with Crippen molar-refractivity contribution in [3.8, 4) is 5.75 Å². The minimum absolute atomic E-state index is 0.331. The van der Waals surface area contributed by atoms with E-state index in [4.69, 9.17) is 15.3 Å². The molecule has 0 unspecified atom stereocenters. The van der Waals surface area contributed by atoms with Crippen LogP contribution in [-0.2, 0) is 0 Å². The van der Waals surface area contributed by atoms with Crippen molar-refractivity contribution in [1.29, 1.82) is 0 Å². The van der Waals surface area contributed by atoms with Gasteiger partial charge in [-0.05, 0) is 12.1 Å². The topological polar surface area (TPSA) is 94.8 Å². The van der Waals surface area contributed by atoms with Gasteiger partial charge in [-0.1, -0.05) is 0 Å². The summed E-state index contributed by atoms with van der Waals surface area (Å²) in [4.78, 5) is 20.9. The largest absolute Gasteiger partial charge is 0.508 e. The molecule has 1 radical (unpaired) electrons. The normalized spacial score (nSPS) is 9.54. The average molecular weight is 181 g/mol. The standard InChI is InChI=1S/C8H5O5/c9-4-1-2-5(7(10)11)6(3-4)8(12)13/h1,3,9H,(H,10,11)(H,12,13). The molecule has 3 N–H and O–H groups in total. The fraction of sp³-hybridized carbons (Fsp3) is 0. The molecule has 0 amide bonds. The van der Waals surface area contributed by atoms with Crippen molar-refractivity contribution in [3.63, 3.8) is 0 Å². The Morgan fingerprint density at radius 2 is 1.85 bits per heavy atom. The van der Waals surface area contributed by atoms with Gasteiger partial charge in [0.05, 0.1) is 11.1 Å². The summed E-state index contributed by atoms with van der Waals surface area (Å²) in [5.41, 5.74) is -0.946. The third-order valence-electron chi connectivity index (χ3n) is 1.37. The molecule has 67 valence electrons. The third-order valence-corrected chi connectivity index (χ3v) is 1.37. The number of benzene rings is 1. The van der Waals surface area contributed by atoms with Gasteiger partial charge in [0.1, 0.15) is 5.75 Å². The highest BCUT2D eigenvalue weighted by Gasteiger charge is 2.16. The summed E-state index contributed by atoms with van der Waals surface area (Å²) in [7, 11) is 0. The summed E-state index contributed by atoms with van der Waals surface area (Å²) in [5, 5.41) is 26.0. The minimum Gasteiger partial charge on any atom is -0.508 e. The van der Waals surface area contributed by atoms with Gasteiger partial charge in [-0.25, -0.2) is 9.59 Å². The molecule has 0 atom stereocenters. The van der Waals surface area contributed by atoms with Gasteiger partial charge in [0.25, 0.3) is 0 Å². The average Bonchev–Trinajstić information content (AvgIpc) is 2.03. The first-order valence-electron chi connectivity index (χ1n) is 3.23. The lowest BCUT2D eigenvalue weighted by atomic mass is 10.1. The molecule has 0 heterocycles. The van der Waals surface area contributed by atoms with E-state index in [0.29, 0.717) is 0 Å². The number of carboxylic acids is 2. The predicted octanol–water partition coefficient (Wildman–Crippen LogP) is 0.589. The maximum Gasteiger partial charge on any atom is 0.337 e. The van der Waals surface area contributed by atoms with Crippen molar-refractivity contribution in [1.82, 2.24) is 0 Å². The highest BCUT2D eigenvalue weighted by Crippen LogP contribution is 2.15. The second-order valence-corrected chi connectivity index (χ2v) is 2.26. The second kappa shape index (κ2) is 3.14. The molecule has 0 aliphatic heterocycles. The summed E-state index contributed by atoms with van der Waals surface area (Å²) in [5.74, 6) is -3.13. The lowest BCUT2D eigenvalue weighted by Gasteiger charge is -2.00. The van der Waals surface area contributed by atoms with Crippen molar-refractivity contribution in [3.05, 3.63) is 29.3 Å². The Hall–Kier alpha value is -2.04. The fourth-order valence-electron chi connectivity index (χ4n) is 0.831. The Balaban J connectivity index is 3.35. The molecule has 5 nitrogen and oxygen atoms in total. The van der Waals surface area contributed by atoms with Gasteiger partial charge in [-0.2, -0.15) is 0 Å². The third kappa shape index (κ3) is 1.76. The van der Waals surface area contributed by atoms with Gasteiger partial charge in [0.2, 0.25) is 0 Å². The van der Waals surface area contributed by atoms with E-state index in [1.165, 1.54) is 0 Å². The number of phenols is 1. The molecular weight excluding hydrogens is 176 g/mol. The monoisotopic (exact) mass is 181 g/mol. The van der Waals surface area contributed by atoms with Crippen LogP contribution in [0.25, 0.3) is 0 Å². The SMILES string of the molecule is O=C(O)c1[c]cc(O)cc1C(=O)O. The zero-order valence-corrected chi connectivity index (χ0v) is 6.31. The van der Waals surface area contributed by atoms with Crippen LogP contribution in [0.2, 0.25) is 0 Å². The van der Waals surface area contributed by atoms with Crippen LogP contribution in [0.4, 0.5) is 0 Å². The number of aromatic carboxylic acids is 2. The lowest BCUT2D eigenvalue weighted by molar-refractivity contribution is 0.0651. The Bertz CT molecular complexity index is 369. The van der Waals surface area contributed by atoms with E-state index >= 15 is 0 Å². The van der Waals surface area contributed by atoms with Gasteiger partial charge in [0, 0.05) is 6.07 Å². The summed E-state index contributed by atoms with van der Waals surface area (Å²) >= 11 is 0. The molecule has 1 aromatic carbocycles. The zero-order valence-electron chi connectivity index (χ0n) is 6.31. The highest BCUT2D eigenvalue weighted by atomic mass is 16.4. The molecule has 5 heteroatoms. The number of phenolic OH excluding ortho intramolecular Hbond substituents is 1. The van der Waals surface area contributed by atoms with E-state index < -0.39 is 23.1 Å². The van der Waals surface area contributed by atoms with E-state index in [9.17, 15) is 9.59 Å². The van der Waals surface area contributed by atoms with Crippen LogP contribution in [0, 0.1) is 6.07 Å². The first-order valence-corrected chi connectivity index (χ1v) is 3.23. The lowest BCUT2D eigenvalue weighted by Crippen LogP contribution is -2.07. The molecule has 1 rings (SSSR count). The van der Waals surface area contributed by atoms with Crippen LogP contribution < -0.4 is 0 Å². The van der Waals surface area contributed by atoms with Crippen molar-refractivity contribution in [2.75, 3.05) is 0 Å². The Morgan fingerprint density at radius 3 is 2.31 bits per heavy atom. The molecule has 0 saturated heterocycles. The number of carbonyl (C=O) groups is 2. The Kier molecular flexibility index (Phi) is 2.19. The summed E-state index contributed by atoms with van der Waals surface area (Å²) in [6.45, 7) is 0. The molecule has 0 bridgehead atoms. The Labute approximate surface area is 72.9 Å². The Morgan fingerprint density at radius 1 is 1.23 bits per heavy atom. The molecule has 0 spiro atoms. The smallest absolute Gasteiger partial charge is 0.337 e. The number of aromatic hydroxyl groups is 1. The van der Waals surface area contributed by atoms with Gasteiger partial charge in [0.15, 0.2) is 0 Å². The van der Waals surface area contributed by atoms with Crippen molar-refractivity contribution >= 4 is 11.9 Å². The van der Waals surface area contributed by atoms with Crippen LogP contribution >= 0.6 is 0 Å².